The second-order valence-electron chi connectivity index (χ2n) is 3.60. The first kappa shape index (κ1) is 14.0. The number of nitrogens with zero attached hydrogens (tertiary/aromatic N) is 1. The highest BCUT2D eigenvalue weighted by Crippen LogP contribution is 2.06. The highest BCUT2D eigenvalue weighted by molar-refractivity contribution is 14.1. The highest BCUT2D eigenvalue weighted by Gasteiger charge is 2.09. The van der Waals surface area contributed by atoms with Gasteiger partial charge >= 0.3 is 0 Å². The molecule has 0 aliphatic carbocycles. The topological polar surface area (TPSA) is 49.4 Å². The van der Waals surface area contributed by atoms with E-state index in [-0.39, 0.29) is 18.4 Å². The van der Waals surface area contributed by atoms with Crippen molar-refractivity contribution in [3.05, 3.63) is 33.4 Å². The van der Waals surface area contributed by atoms with Crippen LogP contribution in [-0.2, 0) is 4.79 Å². The zero-order valence-corrected chi connectivity index (χ0v) is 12.0. The lowest BCUT2D eigenvalue weighted by atomic mass is 10.2. The summed E-state index contributed by atoms with van der Waals surface area (Å²) in [4.78, 5) is 24.7. The minimum Gasteiger partial charge on any atom is -0.345 e. The van der Waals surface area contributed by atoms with E-state index in [1.54, 1.807) is 24.1 Å². The molecule has 17 heavy (non-hydrogen) atoms. The van der Waals surface area contributed by atoms with Crippen LogP contribution >= 0.6 is 22.6 Å². The summed E-state index contributed by atoms with van der Waals surface area (Å²) in [6, 6.07) is 7.20. The quantitative estimate of drug-likeness (QED) is 0.840. The van der Waals surface area contributed by atoms with Crippen molar-refractivity contribution >= 4 is 34.4 Å². The number of halogens is 1. The second-order valence-corrected chi connectivity index (χ2v) is 4.84. The number of carbonyl (C=O) groups is 2. The Morgan fingerprint density at radius 1 is 1.29 bits per heavy atom. The molecular formula is C12H15IN2O2. The van der Waals surface area contributed by atoms with Crippen LogP contribution in [0, 0.1) is 3.57 Å². The molecule has 0 heterocycles. The van der Waals surface area contributed by atoms with Crippen LogP contribution in [0.25, 0.3) is 0 Å². The molecule has 1 aromatic rings. The van der Waals surface area contributed by atoms with Crippen molar-refractivity contribution < 1.29 is 9.59 Å². The molecule has 0 saturated carbocycles. The van der Waals surface area contributed by atoms with Gasteiger partial charge in [-0.2, -0.15) is 0 Å². The summed E-state index contributed by atoms with van der Waals surface area (Å²) in [5.74, 6) is -0.314. The summed E-state index contributed by atoms with van der Waals surface area (Å²) in [6.45, 7) is 2.56. The molecule has 4 nitrogen and oxygen atoms in total. The van der Waals surface area contributed by atoms with Gasteiger partial charge in [-0.1, -0.05) is 0 Å². The van der Waals surface area contributed by atoms with Crippen molar-refractivity contribution in [2.75, 3.05) is 20.1 Å². The van der Waals surface area contributed by atoms with Crippen LogP contribution in [0.15, 0.2) is 24.3 Å². The normalized spacial score (nSPS) is 9.82. The third-order valence-electron chi connectivity index (χ3n) is 2.41. The monoisotopic (exact) mass is 346 g/mol. The fraction of sp³-hybridized carbons (Fsp3) is 0.333. The number of rotatable bonds is 4. The lowest BCUT2D eigenvalue weighted by Gasteiger charge is -2.14. The molecule has 1 rings (SSSR count). The zero-order valence-electron chi connectivity index (χ0n) is 9.87. The summed E-state index contributed by atoms with van der Waals surface area (Å²) in [7, 11) is 1.71. The number of hydrogen-bond acceptors (Lipinski definition) is 2. The van der Waals surface area contributed by atoms with Gasteiger partial charge in [-0.05, 0) is 53.8 Å². The number of amides is 2. The fourth-order valence-electron chi connectivity index (χ4n) is 1.17. The molecule has 0 aliphatic heterocycles. The summed E-state index contributed by atoms with van der Waals surface area (Å²) in [5.41, 5.74) is 0.567. The van der Waals surface area contributed by atoms with E-state index in [9.17, 15) is 9.59 Å². The van der Waals surface area contributed by atoms with E-state index in [2.05, 4.69) is 27.9 Å². The maximum Gasteiger partial charge on any atom is 0.251 e. The molecule has 0 radical (unpaired) electrons. The number of hydrogen-bond donors (Lipinski definition) is 1. The molecule has 0 aliphatic rings. The van der Waals surface area contributed by atoms with Crippen molar-refractivity contribution in [1.29, 1.82) is 0 Å². The van der Waals surface area contributed by atoms with E-state index >= 15 is 0 Å². The fourth-order valence-corrected chi connectivity index (χ4v) is 1.53. The Balaban J connectivity index is 2.50. The highest BCUT2D eigenvalue weighted by atomic mass is 127. The summed E-state index contributed by atoms with van der Waals surface area (Å²) in [5, 5.41) is 2.60. The van der Waals surface area contributed by atoms with E-state index < -0.39 is 0 Å². The molecule has 5 heteroatoms. The van der Waals surface area contributed by atoms with Crippen LogP contribution < -0.4 is 5.32 Å². The molecule has 2 amide bonds. The molecule has 0 bridgehead atoms. The van der Waals surface area contributed by atoms with Gasteiger partial charge in [0.2, 0.25) is 5.91 Å². The van der Waals surface area contributed by atoms with Gasteiger partial charge in [-0.25, -0.2) is 0 Å². The van der Waals surface area contributed by atoms with E-state index in [4.69, 9.17) is 0 Å². The van der Waals surface area contributed by atoms with Gasteiger partial charge in [0.1, 0.15) is 0 Å². The van der Waals surface area contributed by atoms with Gasteiger partial charge in [0, 0.05) is 22.7 Å². The average Bonchev–Trinajstić information content (AvgIpc) is 2.35. The van der Waals surface area contributed by atoms with E-state index in [1.165, 1.54) is 0 Å². The lowest BCUT2D eigenvalue weighted by molar-refractivity contribution is -0.128. The number of benzene rings is 1. The predicted octanol–water partition coefficient (Wildman–Crippen LogP) is 1.50. The Labute approximate surface area is 115 Å². The summed E-state index contributed by atoms with van der Waals surface area (Å²) < 4.78 is 1.07. The minimum atomic E-state index is -0.223. The summed E-state index contributed by atoms with van der Waals surface area (Å²) >= 11 is 2.17. The van der Waals surface area contributed by atoms with Crippen molar-refractivity contribution in [2.24, 2.45) is 0 Å². The van der Waals surface area contributed by atoms with Crippen molar-refractivity contribution in [3.8, 4) is 0 Å². The van der Waals surface area contributed by atoms with Gasteiger partial charge in [0.05, 0.1) is 6.54 Å². The molecule has 0 aromatic heterocycles. The van der Waals surface area contributed by atoms with Crippen molar-refractivity contribution in [1.82, 2.24) is 10.2 Å². The molecule has 0 unspecified atom stereocenters. The number of carbonyl (C=O) groups excluding carboxylic acids is 2. The molecule has 0 saturated heterocycles. The maximum atomic E-state index is 11.7. The van der Waals surface area contributed by atoms with Crippen LogP contribution in [0.3, 0.4) is 0 Å². The van der Waals surface area contributed by atoms with Crippen LogP contribution in [0.5, 0.6) is 0 Å². The minimum absolute atomic E-state index is 0.0369. The standard InChI is InChI=1S/C12H15IN2O2/c1-3-15(2)11(16)8-14-12(17)9-4-6-10(13)7-5-9/h4-7H,3,8H2,1-2H3,(H,14,17). The average molecular weight is 346 g/mol. The Hall–Kier alpha value is -1.11. The van der Waals surface area contributed by atoms with E-state index in [0.29, 0.717) is 12.1 Å². The van der Waals surface area contributed by atoms with Crippen molar-refractivity contribution in [3.63, 3.8) is 0 Å². The Bertz CT molecular complexity index is 403. The molecule has 0 spiro atoms. The maximum absolute atomic E-state index is 11.7. The van der Waals surface area contributed by atoms with Gasteiger partial charge in [0.15, 0.2) is 0 Å². The number of nitrogens with one attached hydrogen (secondary N) is 1. The van der Waals surface area contributed by atoms with E-state index in [0.717, 1.165) is 3.57 Å². The molecule has 0 atom stereocenters. The Kier molecular flexibility index (Phi) is 5.40. The predicted molar refractivity (Wildman–Crippen MR) is 74.8 cm³/mol. The lowest BCUT2D eigenvalue weighted by Crippen LogP contribution is -2.37. The second kappa shape index (κ2) is 6.58. The van der Waals surface area contributed by atoms with Crippen LogP contribution in [-0.4, -0.2) is 36.9 Å². The van der Waals surface area contributed by atoms with Gasteiger partial charge in [-0.3, -0.25) is 9.59 Å². The first-order chi connectivity index (χ1) is 8.04. The van der Waals surface area contributed by atoms with Gasteiger partial charge in [-0.15, -0.1) is 0 Å². The van der Waals surface area contributed by atoms with Crippen molar-refractivity contribution in [2.45, 2.75) is 6.92 Å². The molecule has 92 valence electrons. The van der Waals surface area contributed by atoms with E-state index in [1.807, 2.05) is 19.1 Å². The molecule has 1 aromatic carbocycles. The van der Waals surface area contributed by atoms with Gasteiger partial charge in [0.25, 0.3) is 5.91 Å². The molecule has 0 fully saturated rings. The van der Waals surface area contributed by atoms with Gasteiger partial charge < -0.3 is 10.2 Å². The first-order valence-electron chi connectivity index (χ1n) is 5.32. The summed E-state index contributed by atoms with van der Waals surface area (Å²) in [6.07, 6.45) is 0. The SMILES string of the molecule is CCN(C)C(=O)CNC(=O)c1ccc(I)cc1. The van der Waals surface area contributed by atoms with Crippen LogP contribution in [0.4, 0.5) is 0 Å². The third-order valence-corrected chi connectivity index (χ3v) is 3.13. The van der Waals surface area contributed by atoms with Crippen LogP contribution in [0.1, 0.15) is 17.3 Å². The largest absolute Gasteiger partial charge is 0.345 e. The third kappa shape index (κ3) is 4.33. The Morgan fingerprint density at radius 2 is 1.88 bits per heavy atom. The molecular weight excluding hydrogens is 331 g/mol. The smallest absolute Gasteiger partial charge is 0.251 e. The van der Waals surface area contributed by atoms with Crippen LogP contribution in [0.2, 0.25) is 0 Å². The Morgan fingerprint density at radius 3 is 2.41 bits per heavy atom. The number of likely N-dealkylation sites (N-methyl/N-ethyl adjacent to an activating group) is 1. The zero-order chi connectivity index (χ0) is 12.8. The first-order valence-corrected chi connectivity index (χ1v) is 6.40. The molecule has 1 N–H and O–H groups in total.